The number of carbonyl (C=O) groups is 1. The lowest BCUT2D eigenvalue weighted by atomic mass is 10.2. The zero-order valence-electron chi connectivity index (χ0n) is 11.2. The first-order valence-electron chi connectivity index (χ1n) is 6.43. The Morgan fingerprint density at radius 1 is 1.47 bits per heavy atom. The fourth-order valence-electron chi connectivity index (χ4n) is 2.05. The summed E-state index contributed by atoms with van der Waals surface area (Å²) in [7, 11) is 0. The quantitative estimate of drug-likeness (QED) is 0.888. The first-order chi connectivity index (χ1) is 9.13. The van der Waals surface area contributed by atoms with Gasteiger partial charge in [-0.05, 0) is 26.0 Å². The van der Waals surface area contributed by atoms with E-state index in [0.29, 0.717) is 18.9 Å². The van der Waals surface area contributed by atoms with Crippen LogP contribution >= 0.6 is 0 Å². The van der Waals surface area contributed by atoms with E-state index in [4.69, 9.17) is 14.6 Å². The Morgan fingerprint density at radius 2 is 2.21 bits per heavy atom. The first-order valence-corrected chi connectivity index (χ1v) is 6.43. The van der Waals surface area contributed by atoms with Crippen molar-refractivity contribution in [1.82, 2.24) is 0 Å². The molecule has 1 aliphatic heterocycles. The van der Waals surface area contributed by atoms with Crippen LogP contribution in [0.25, 0.3) is 0 Å². The number of aliphatic hydroxyl groups is 1. The van der Waals surface area contributed by atoms with E-state index in [2.05, 4.69) is 0 Å². The van der Waals surface area contributed by atoms with Gasteiger partial charge in [-0.25, -0.2) is 0 Å². The van der Waals surface area contributed by atoms with Crippen molar-refractivity contribution in [3.8, 4) is 5.75 Å². The number of anilines is 1. The molecule has 104 valence electrons. The van der Waals surface area contributed by atoms with Crippen LogP contribution < -0.4 is 9.64 Å². The zero-order chi connectivity index (χ0) is 13.8. The van der Waals surface area contributed by atoms with Crippen LogP contribution in [0.1, 0.15) is 13.8 Å². The molecule has 2 rings (SSSR count). The average molecular weight is 265 g/mol. The molecule has 1 aromatic carbocycles. The van der Waals surface area contributed by atoms with Crippen molar-refractivity contribution in [2.45, 2.75) is 26.1 Å². The van der Waals surface area contributed by atoms with Crippen molar-refractivity contribution in [3.05, 3.63) is 24.3 Å². The third kappa shape index (κ3) is 3.05. The molecule has 1 N–H and O–H groups in total. The van der Waals surface area contributed by atoms with Crippen LogP contribution in [0.5, 0.6) is 5.75 Å². The third-order valence-corrected chi connectivity index (χ3v) is 2.86. The van der Waals surface area contributed by atoms with Crippen LogP contribution in [-0.2, 0) is 9.53 Å². The lowest BCUT2D eigenvalue weighted by Crippen LogP contribution is -2.49. The Hall–Kier alpha value is -1.59. The Morgan fingerprint density at radius 3 is 2.89 bits per heavy atom. The number of ether oxygens (including phenoxy) is 2. The van der Waals surface area contributed by atoms with Gasteiger partial charge in [0.1, 0.15) is 5.75 Å². The maximum atomic E-state index is 12.2. The topological polar surface area (TPSA) is 59.0 Å². The molecule has 0 aliphatic carbocycles. The summed E-state index contributed by atoms with van der Waals surface area (Å²) in [5, 5.41) is 9.14. The minimum atomic E-state index is -0.777. The lowest BCUT2D eigenvalue weighted by molar-refractivity contribution is -0.136. The van der Waals surface area contributed by atoms with Crippen LogP contribution in [0.3, 0.4) is 0 Å². The summed E-state index contributed by atoms with van der Waals surface area (Å²) >= 11 is 0. The zero-order valence-corrected chi connectivity index (χ0v) is 11.2. The highest BCUT2D eigenvalue weighted by atomic mass is 16.5. The van der Waals surface area contributed by atoms with E-state index in [-0.39, 0.29) is 18.6 Å². The van der Waals surface area contributed by atoms with Gasteiger partial charge >= 0.3 is 0 Å². The Bertz CT molecular complexity index is 447. The summed E-state index contributed by atoms with van der Waals surface area (Å²) in [6, 6.07) is 7.41. The summed E-state index contributed by atoms with van der Waals surface area (Å²) in [5.41, 5.74) is 0.725. The number of hydrogen-bond donors (Lipinski definition) is 1. The normalized spacial score (nSPS) is 19.9. The Balaban J connectivity index is 2.27. The van der Waals surface area contributed by atoms with Crippen molar-refractivity contribution in [2.75, 3.05) is 24.7 Å². The van der Waals surface area contributed by atoms with E-state index in [0.717, 1.165) is 5.69 Å². The van der Waals surface area contributed by atoms with Gasteiger partial charge in [0, 0.05) is 6.54 Å². The number of aliphatic hydroxyl groups excluding tert-OH is 1. The van der Waals surface area contributed by atoms with Crippen molar-refractivity contribution in [3.63, 3.8) is 0 Å². The molecule has 0 spiro atoms. The number of hydrogen-bond acceptors (Lipinski definition) is 4. The van der Waals surface area contributed by atoms with E-state index in [1.165, 1.54) is 0 Å². The molecule has 1 heterocycles. The maximum Gasteiger partial charge on any atom is 0.258 e. The molecule has 1 fully saturated rings. The Labute approximate surface area is 112 Å². The van der Waals surface area contributed by atoms with E-state index in [1.54, 1.807) is 4.90 Å². The molecule has 1 atom stereocenters. The van der Waals surface area contributed by atoms with Crippen LogP contribution in [0, 0.1) is 0 Å². The average Bonchev–Trinajstić information content (AvgIpc) is 2.39. The summed E-state index contributed by atoms with van der Waals surface area (Å²) in [6.07, 6.45) is -0.744. The van der Waals surface area contributed by atoms with Crippen molar-refractivity contribution in [1.29, 1.82) is 0 Å². The highest BCUT2D eigenvalue weighted by Crippen LogP contribution is 2.30. The second-order valence-corrected chi connectivity index (χ2v) is 4.67. The summed E-state index contributed by atoms with van der Waals surface area (Å²) in [6.45, 7) is 4.45. The molecule has 1 unspecified atom stereocenters. The predicted molar refractivity (Wildman–Crippen MR) is 71.4 cm³/mol. The molecule has 0 bridgehead atoms. The molecule has 0 saturated carbocycles. The SMILES string of the molecule is CC(C)Oc1ccccc1N1CCOC(CO)C1=O. The van der Waals surface area contributed by atoms with Gasteiger partial charge in [-0.15, -0.1) is 0 Å². The van der Waals surface area contributed by atoms with Gasteiger partial charge in [0.25, 0.3) is 5.91 Å². The van der Waals surface area contributed by atoms with Gasteiger partial charge in [-0.3, -0.25) is 4.79 Å². The molecule has 1 saturated heterocycles. The molecule has 19 heavy (non-hydrogen) atoms. The van der Waals surface area contributed by atoms with Gasteiger partial charge in [-0.2, -0.15) is 0 Å². The lowest BCUT2D eigenvalue weighted by Gasteiger charge is -2.32. The van der Waals surface area contributed by atoms with Crippen LogP contribution in [-0.4, -0.2) is 43.0 Å². The monoisotopic (exact) mass is 265 g/mol. The highest BCUT2D eigenvalue weighted by molar-refractivity contribution is 5.98. The number of benzene rings is 1. The number of morpholine rings is 1. The van der Waals surface area contributed by atoms with E-state index in [1.807, 2.05) is 38.1 Å². The molecular formula is C14H19NO4. The van der Waals surface area contributed by atoms with Gasteiger partial charge in [-0.1, -0.05) is 12.1 Å². The van der Waals surface area contributed by atoms with Crippen molar-refractivity contribution in [2.24, 2.45) is 0 Å². The molecule has 1 amide bonds. The number of rotatable bonds is 4. The van der Waals surface area contributed by atoms with E-state index < -0.39 is 6.10 Å². The van der Waals surface area contributed by atoms with E-state index in [9.17, 15) is 4.79 Å². The second-order valence-electron chi connectivity index (χ2n) is 4.67. The number of amides is 1. The standard InChI is InChI=1S/C14H19NO4/c1-10(2)19-12-6-4-3-5-11(12)15-7-8-18-13(9-16)14(15)17/h3-6,10,13,16H,7-9H2,1-2H3. The molecule has 1 aliphatic rings. The van der Waals surface area contributed by atoms with Gasteiger partial charge in [0.2, 0.25) is 0 Å². The molecular weight excluding hydrogens is 246 g/mol. The second kappa shape index (κ2) is 6.04. The van der Waals surface area contributed by atoms with Gasteiger partial charge in [0.05, 0.1) is 25.0 Å². The minimum absolute atomic E-state index is 0.0333. The molecule has 0 aromatic heterocycles. The van der Waals surface area contributed by atoms with Crippen LogP contribution in [0.4, 0.5) is 5.69 Å². The maximum absolute atomic E-state index is 12.2. The van der Waals surface area contributed by atoms with Gasteiger partial charge < -0.3 is 19.5 Å². The fraction of sp³-hybridized carbons (Fsp3) is 0.500. The third-order valence-electron chi connectivity index (χ3n) is 2.86. The highest BCUT2D eigenvalue weighted by Gasteiger charge is 2.31. The minimum Gasteiger partial charge on any atom is -0.489 e. The largest absolute Gasteiger partial charge is 0.489 e. The number of carbonyl (C=O) groups excluding carboxylic acids is 1. The Kier molecular flexibility index (Phi) is 4.39. The van der Waals surface area contributed by atoms with Crippen LogP contribution in [0.2, 0.25) is 0 Å². The smallest absolute Gasteiger partial charge is 0.258 e. The van der Waals surface area contributed by atoms with Crippen molar-refractivity contribution >= 4 is 11.6 Å². The molecule has 5 nitrogen and oxygen atoms in total. The van der Waals surface area contributed by atoms with Gasteiger partial charge in [0.15, 0.2) is 6.10 Å². The fourth-order valence-corrected chi connectivity index (χ4v) is 2.05. The molecule has 1 aromatic rings. The molecule has 5 heteroatoms. The summed E-state index contributed by atoms with van der Waals surface area (Å²) in [4.78, 5) is 13.8. The van der Waals surface area contributed by atoms with E-state index >= 15 is 0 Å². The number of para-hydroxylation sites is 2. The molecule has 0 radical (unpaired) electrons. The van der Waals surface area contributed by atoms with Crippen LogP contribution in [0.15, 0.2) is 24.3 Å². The summed E-state index contributed by atoms with van der Waals surface area (Å²) < 4.78 is 10.9. The van der Waals surface area contributed by atoms with Crippen molar-refractivity contribution < 1.29 is 19.4 Å². The first kappa shape index (κ1) is 13.8. The predicted octanol–water partition coefficient (Wildman–Crippen LogP) is 1.20. The number of nitrogens with zero attached hydrogens (tertiary/aromatic N) is 1. The summed E-state index contributed by atoms with van der Waals surface area (Å²) in [5.74, 6) is 0.443.